The molecule has 0 atom stereocenters. The maximum Gasteiger partial charge on any atom is 0.259 e. The fourth-order valence-corrected chi connectivity index (χ4v) is 5.96. The Morgan fingerprint density at radius 2 is 1.62 bits per heavy atom. The van der Waals surface area contributed by atoms with Gasteiger partial charge in [-0.1, -0.05) is 35.9 Å². The van der Waals surface area contributed by atoms with Crippen LogP contribution in [0.2, 0.25) is 0 Å². The Morgan fingerprint density at radius 3 is 2.32 bits per heavy atom. The number of hydrogen-bond acceptors (Lipinski definition) is 4. The number of anilines is 1. The SMILES string of the molecule is CCN(CC)C(=O)c1ccc2c(c1)N(Cc1cc(C)ccc1C)C(=O)c1ccccc1S2(=O)=O. The van der Waals surface area contributed by atoms with Crippen molar-refractivity contribution < 1.29 is 18.0 Å². The van der Waals surface area contributed by atoms with Crippen LogP contribution in [0.5, 0.6) is 0 Å². The van der Waals surface area contributed by atoms with E-state index in [-0.39, 0.29) is 33.5 Å². The maximum absolute atomic E-state index is 13.8. The normalized spacial score (nSPS) is 14.2. The van der Waals surface area contributed by atoms with Crippen LogP contribution in [0.4, 0.5) is 5.69 Å². The van der Waals surface area contributed by atoms with Crippen molar-refractivity contribution >= 4 is 27.3 Å². The summed E-state index contributed by atoms with van der Waals surface area (Å²) in [6.45, 7) is 8.96. The summed E-state index contributed by atoms with van der Waals surface area (Å²) in [5.41, 5.74) is 3.65. The van der Waals surface area contributed by atoms with Gasteiger partial charge >= 0.3 is 0 Å². The van der Waals surface area contributed by atoms with E-state index in [1.807, 2.05) is 45.9 Å². The van der Waals surface area contributed by atoms with Crippen LogP contribution >= 0.6 is 0 Å². The molecule has 34 heavy (non-hydrogen) atoms. The van der Waals surface area contributed by atoms with Gasteiger partial charge < -0.3 is 9.80 Å². The van der Waals surface area contributed by atoms with Crippen molar-refractivity contribution in [3.05, 3.63) is 88.5 Å². The predicted octanol–water partition coefficient (Wildman–Crippen LogP) is 4.78. The average molecular weight is 477 g/mol. The van der Waals surface area contributed by atoms with Crippen LogP contribution in [-0.2, 0) is 16.4 Å². The third-order valence-electron chi connectivity index (χ3n) is 6.32. The van der Waals surface area contributed by atoms with Crippen molar-refractivity contribution in [1.82, 2.24) is 4.90 Å². The van der Waals surface area contributed by atoms with Crippen molar-refractivity contribution in [2.45, 2.75) is 44.0 Å². The summed E-state index contributed by atoms with van der Waals surface area (Å²) >= 11 is 0. The second-order valence-corrected chi connectivity index (χ2v) is 10.4. The summed E-state index contributed by atoms with van der Waals surface area (Å²) in [5, 5.41) is 0. The van der Waals surface area contributed by atoms with E-state index in [2.05, 4.69) is 0 Å². The molecule has 0 radical (unpaired) electrons. The lowest BCUT2D eigenvalue weighted by Gasteiger charge is -2.25. The number of carbonyl (C=O) groups excluding carboxylic acids is 2. The van der Waals surface area contributed by atoms with Gasteiger partial charge in [0.15, 0.2) is 0 Å². The van der Waals surface area contributed by atoms with Crippen LogP contribution in [0.25, 0.3) is 0 Å². The first-order chi connectivity index (χ1) is 16.2. The molecule has 0 saturated carbocycles. The van der Waals surface area contributed by atoms with E-state index in [1.165, 1.54) is 23.1 Å². The molecule has 0 spiro atoms. The Balaban J connectivity index is 1.96. The number of rotatable bonds is 5. The van der Waals surface area contributed by atoms with Crippen LogP contribution in [0, 0.1) is 13.8 Å². The Kier molecular flexibility index (Phi) is 6.32. The molecular weight excluding hydrogens is 448 g/mol. The lowest BCUT2D eigenvalue weighted by Crippen LogP contribution is -2.32. The van der Waals surface area contributed by atoms with Crippen molar-refractivity contribution in [3.63, 3.8) is 0 Å². The lowest BCUT2D eigenvalue weighted by atomic mass is 10.0. The number of amides is 2. The molecule has 1 aliphatic rings. The summed E-state index contributed by atoms with van der Waals surface area (Å²) in [4.78, 5) is 30.0. The second kappa shape index (κ2) is 9.06. The van der Waals surface area contributed by atoms with E-state index >= 15 is 0 Å². The third kappa shape index (κ3) is 4.01. The maximum atomic E-state index is 13.8. The zero-order valence-electron chi connectivity index (χ0n) is 19.8. The summed E-state index contributed by atoms with van der Waals surface area (Å²) in [6, 6.07) is 16.8. The molecule has 6 nitrogen and oxygen atoms in total. The molecule has 1 heterocycles. The zero-order chi connectivity index (χ0) is 24.6. The number of nitrogens with zero attached hydrogens (tertiary/aromatic N) is 2. The summed E-state index contributed by atoms with van der Waals surface area (Å²) in [7, 11) is -3.98. The summed E-state index contributed by atoms with van der Waals surface area (Å²) < 4.78 is 27.3. The highest BCUT2D eigenvalue weighted by Gasteiger charge is 2.36. The first-order valence-electron chi connectivity index (χ1n) is 11.3. The van der Waals surface area contributed by atoms with Crippen molar-refractivity contribution in [2.75, 3.05) is 18.0 Å². The van der Waals surface area contributed by atoms with Crippen molar-refractivity contribution in [1.29, 1.82) is 0 Å². The third-order valence-corrected chi connectivity index (χ3v) is 8.18. The highest BCUT2D eigenvalue weighted by atomic mass is 32.2. The molecule has 176 valence electrons. The molecule has 7 heteroatoms. The van der Waals surface area contributed by atoms with Crippen LogP contribution in [0.15, 0.2) is 70.5 Å². The fourth-order valence-electron chi connectivity index (χ4n) is 4.33. The minimum Gasteiger partial charge on any atom is -0.339 e. The average Bonchev–Trinajstić information content (AvgIpc) is 2.90. The van der Waals surface area contributed by atoms with Gasteiger partial charge in [0.1, 0.15) is 0 Å². The van der Waals surface area contributed by atoms with Gasteiger partial charge in [-0.3, -0.25) is 9.59 Å². The van der Waals surface area contributed by atoms with Gasteiger partial charge in [0.2, 0.25) is 9.84 Å². The first kappa shape index (κ1) is 23.7. The Bertz CT molecular complexity index is 1390. The lowest BCUT2D eigenvalue weighted by molar-refractivity contribution is 0.0772. The molecule has 0 N–H and O–H groups in total. The van der Waals surface area contributed by atoms with Gasteiger partial charge in [-0.05, 0) is 69.2 Å². The molecule has 0 aromatic heterocycles. The molecule has 0 aliphatic carbocycles. The monoisotopic (exact) mass is 476 g/mol. The molecule has 0 saturated heterocycles. The van der Waals surface area contributed by atoms with Gasteiger partial charge in [0, 0.05) is 18.7 Å². The number of fused-ring (bicyclic) bond motifs is 2. The van der Waals surface area contributed by atoms with Crippen LogP contribution in [-0.4, -0.2) is 38.2 Å². The highest BCUT2D eigenvalue weighted by molar-refractivity contribution is 7.91. The fraction of sp³-hybridized carbons (Fsp3) is 0.259. The van der Waals surface area contributed by atoms with E-state index < -0.39 is 15.7 Å². The smallest absolute Gasteiger partial charge is 0.259 e. The van der Waals surface area contributed by atoms with E-state index in [4.69, 9.17) is 0 Å². The van der Waals surface area contributed by atoms with E-state index in [9.17, 15) is 18.0 Å². The Labute approximate surface area is 200 Å². The zero-order valence-corrected chi connectivity index (χ0v) is 20.6. The number of carbonyl (C=O) groups is 2. The van der Waals surface area contributed by atoms with Gasteiger partial charge in [-0.2, -0.15) is 0 Å². The molecular formula is C27H28N2O4S. The molecule has 0 unspecified atom stereocenters. The minimum absolute atomic E-state index is 0.0206. The van der Waals surface area contributed by atoms with Gasteiger partial charge in [-0.15, -0.1) is 0 Å². The minimum atomic E-state index is -3.98. The first-order valence-corrected chi connectivity index (χ1v) is 12.8. The van der Waals surface area contributed by atoms with Crippen LogP contribution in [0.1, 0.15) is 51.3 Å². The largest absolute Gasteiger partial charge is 0.339 e. The Morgan fingerprint density at radius 1 is 0.912 bits per heavy atom. The van der Waals surface area contributed by atoms with Gasteiger partial charge in [-0.25, -0.2) is 8.42 Å². The molecule has 2 amide bonds. The molecule has 3 aromatic carbocycles. The topological polar surface area (TPSA) is 74.8 Å². The van der Waals surface area contributed by atoms with E-state index in [1.54, 1.807) is 29.2 Å². The van der Waals surface area contributed by atoms with Gasteiger partial charge in [0.05, 0.1) is 27.6 Å². The summed E-state index contributed by atoms with van der Waals surface area (Å²) in [6.07, 6.45) is 0. The second-order valence-electron chi connectivity index (χ2n) is 8.48. The number of aryl methyl sites for hydroxylation is 2. The van der Waals surface area contributed by atoms with E-state index in [0.29, 0.717) is 18.7 Å². The van der Waals surface area contributed by atoms with E-state index in [0.717, 1.165) is 16.7 Å². The molecule has 1 aliphatic heterocycles. The number of hydrogen-bond donors (Lipinski definition) is 0. The van der Waals surface area contributed by atoms with Crippen molar-refractivity contribution in [3.8, 4) is 0 Å². The quantitative estimate of drug-likeness (QED) is 0.531. The van der Waals surface area contributed by atoms with Crippen LogP contribution in [0.3, 0.4) is 0 Å². The highest BCUT2D eigenvalue weighted by Crippen LogP contribution is 2.38. The Hall–Kier alpha value is -3.45. The molecule has 0 fully saturated rings. The van der Waals surface area contributed by atoms with Crippen LogP contribution < -0.4 is 4.90 Å². The summed E-state index contributed by atoms with van der Waals surface area (Å²) in [5.74, 6) is -0.614. The molecule has 4 rings (SSSR count). The standard InChI is InChI=1S/C27H28N2O4S/c1-5-28(6-2)26(30)20-13-14-25-23(16-20)29(17-21-15-18(3)11-12-19(21)4)27(31)22-9-7-8-10-24(22)34(25,32)33/h7-16H,5-6,17H2,1-4H3. The number of benzene rings is 3. The number of sulfone groups is 1. The van der Waals surface area contributed by atoms with Crippen molar-refractivity contribution in [2.24, 2.45) is 0 Å². The predicted molar refractivity (Wildman–Crippen MR) is 132 cm³/mol. The van der Waals surface area contributed by atoms with Gasteiger partial charge in [0.25, 0.3) is 11.8 Å². The molecule has 0 bridgehead atoms. The molecule has 3 aromatic rings.